The molecular weight excluding hydrogens is 230 g/mol. The van der Waals surface area contributed by atoms with Crippen LogP contribution in [0.4, 0.5) is 0 Å². The fraction of sp³-hybridized carbons (Fsp3) is 0.462. The van der Waals surface area contributed by atoms with Crippen molar-refractivity contribution in [2.24, 2.45) is 0 Å². The first-order chi connectivity index (χ1) is 8.75. The lowest BCUT2D eigenvalue weighted by molar-refractivity contribution is 0.0698. The molecule has 2 N–H and O–H groups in total. The molecule has 0 bridgehead atoms. The summed E-state index contributed by atoms with van der Waals surface area (Å²) in [5.74, 6) is 0.377. The van der Waals surface area contributed by atoms with Crippen LogP contribution in [0.2, 0.25) is 0 Å². The lowest BCUT2D eigenvalue weighted by Gasteiger charge is -2.18. The van der Waals surface area contributed by atoms with Gasteiger partial charge in [0.05, 0.1) is 11.1 Å². The van der Waals surface area contributed by atoms with Crippen LogP contribution in [0.25, 0.3) is 11.2 Å². The third kappa shape index (κ3) is 1.85. The number of carboxylic acids is 1. The maximum Gasteiger partial charge on any atom is 0.338 e. The molecule has 1 aliphatic carbocycles. The molecule has 1 fully saturated rings. The van der Waals surface area contributed by atoms with E-state index >= 15 is 0 Å². The van der Waals surface area contributed by atoms with Crippen molar-refractivity contribution in [1.82, 2.24) is 15.0 Å². The van der Waals surface area contributed by atoms with Crippen molar-refractivity contribution in [2.45, 2.75) is 38.0 Å². The molecule has 0 aromatic carbocycles. The number of carboxylic acid groups (broad SMARTS) is 1. The number of aromatic nitrogens is 3. The van der Waals surface area contributed by atoms with Gasteiger partial charge in [-0.25, -0.2) is 14.8 Å². The number of fused-ring (bicyclic) bond motifs is 1. The number of imidazole rings is 1. The van der Waals surface area contributed by atoms with Crippen molar-refractivity contribution < 1.29 is 9.90 Å². The average molecular weight is 245 g/mol. The first kappa shape index (κ1) is 11.2. The third-order valence-electron chi connectivity index (χ3n) is 3.63. The van der Waals surface area contributed by atoms with Gasteiger partial charge in [-0.05, 0) is 18.9 Å². The highest BCUT2D eigenvalue weighted by molar-refractivity contribution is 5.99. The summed E-state index contributed by atoms with van der Waals surface area (Å²) >= 11 is 0. The van der Waals surface area contributed by atoms with E-state index in [9.17, 15) is 4.79 Å². The monoisotopic (exact) mass is 245 g/mol. The van der Waals surface area contributed by atoms with Crippen LogP contribution in [-0.2, 0) is 0 Å². The molecule has 0 aliphatic heterocycles. The van der Waals surface area contributed by atoms with Crippen molar-refractivity contribution in [2.75, 3.05) is 0 Å². The summed E-state index contributed by atoms with van der Waals surface area (Å²) in [6.45, 7) is 0. The highest BCUT2D eigenvalue weighted by Gasteiger charge is 2.21. The van der Waals surface area contributed by atoms with Crippen molar-refractivity contribution in [1.29, 1.82) is 0 Å². The van der Waals surface area contributed by atoms with Crippen LogP contribution in [0.1, 0.15) is 54.2 Å². The average Bonchev–Trinajstić information content (AvgIpc) is 2.83. The number of carbonyl (C=O) groups is 1. The highest BCUT2D eigenvalue weighted by Crippen LogP contribution is 2.32. The van der Waals surface area contributed by atoms with Crippen LogP contribution in [0.5, 0.6) is 0 Å². The zero-order valence-electron chi connectivity index (χ0n) is 10.0. The largest absolute Gasteiger partial charge is 0.478 e. The summed E-state index contributed by atoms with van der Waals surface area (Å²) in [5, 5.41) is 9.13. The second kappa shape index (κ2) is 4.40. The predicted octanol–water partition coefficient (Wildman–Crippen LogP) is 2.70. The minimum Gasteiger partial charge on any atom is -0.478 e. The normalized spacial score (nSPS) is 17.1. The molecule has 0 spiro atoms. The molecule has 18 heavy (non-hydrogen) atoms. The molecule has 2 aromatic heterocycles. The summed E-state index contributed by atoms with van der Waals surface area (Å²) in [6.07, 6.45) is 7.49. The van der Waals surface area contributed by atoms with Crippen LogP contribution in [0.3, 0.4) is 0 Å². The minimum atomic E-state index is -0.943. The zero-order valence-corrected chi connectivity index (χ0v) is 10.0. The number of aromatic amines is 1. The minimum absolute atomic E-state index is 0.245. The number of H-pyrrole nitrogens is 1. The second-order valence-corrected chi connectivity index (χ2v) is 4.82. The molecule has 2 aromatic rings. The van der Waals surface area contributed by atoms with E-state index in [1.54, 1.807) is 0 Å². The van der Waals surface area contributed by atoms with Crippen LogP contribution >= 0.6 is 0 Å². The molecule has 0 atom stereocenters. The molecule has 1 aliphatic rings. The van der Waals surface area contributed by atoms with Gasteiger partial charge in [-0.3, -0.25) is 0 Å². The Morgan fingerprint density at radius 3 is 2.83 bits per heavy atom. The van der Waals surface area contributed by atoms with Gasteiger partial charge in [0, 0.05) is 12.1 Å². The van der Waals surface area contributed by atoms with Crippen molar-refractivity contribution in [3.8, 4) is 0 Å². The number of hydrogen-bond donors (Lipinski definition) is 2. The number of rotatable bonds is 2. The lowest BCUT2D eigenvalue weighted by atomic mass is 9.89. The summed E-state index contributed by atoms with van der Waals surface area (Å²) < 4.78 is 0. The quantitative estimate of drug-likeness (QED) is 0.852. The molecule has 0 unspecified atom stereocenters. The Kier molecular flexibility index (Phi) is 2.74. The standard InChI is InChI=1S/C13H15N3O2/c17-13(18)9-6-7-14-12-10(9)15-11(16-12)8-4-2-1-3-5-8/h6-8H,1-5H2,(H,17,18)(H,14,15,16). The molecule has 0 amide bonds. The SMILES string of the molecule is O=C(O)c1ccnc2nc(C3CCCCC3)[nH]c12. The van der Waals surface area contributed by atoms with Crippen molar-refractivity contribution in [3.63, 3.8) is 0 Å². The number of pyridine rings is 1. The maximum absolute atomic E-state index is 11.1. The number of hydrogen-bond acceptors (Lipinski definition) is 3. The van der Waals surface area contributed by atoms with Gasteiger partial charge >= 0.3 is 5.97 Å². The van der Waals surface area contributed by atoms with Gasteiger partial charge in [0.25, 0.3) is 0 Å². The van der Waals surface area contributed by atoms with E-state index in [4.69, 9.17) is 5.11 Å². The summed E-state index contributed by atoms with van der Waals surface area (Å²) in [7, 11) is 0. The maximum atomic E-state index is 11.1. The van der Waals surface area contributed by atoms with Crippen LogP contribution < -0.4 is 0 Å². The zero-order chi connectivity index (χ0) is 12.5. The van der Waals surface area contributed by atoms with E-state index in [-0.39, 0.29) is 5.56 Å². The lowest BCUT2D eigenvalue weighted by Crippen LogP contribution is -2.06. The van der Waals surface area contributed by atoms with Gasteiger partial charge in [0.2, 0.25) is 0 Å². The summed E-state index contributed by atoms with van der Waals surface area (Å²) in [4.78, 5) is 22.9. The molecule has 3 rings (SSSR count). The fourth-order valence-corrected chi connectivity index (χ4v) is 2.68. The van der Waals surface area contributed by atoms with E-state index in [0.717, 1.165) is 18.7 Å². The number of aromatic carboxylic acids is 1. The van der Waals surface area contributed by atoms with E-state index in [1.165, 1.54) is 31.5 Å². The predicted molar refractivity (Wildman–Crippen MR) is 66.7 cm³/mol. The Balaban J connectivity index is 2.04. The summed E-state index contributed by atoms with van der Waals surface area (Å²) in [5.41, 5.74) is 1.30. The molecule has 94 valence electrons. The van der Waals surface area contributed by atoms with E-state index in [2.05, 4.69) is 15.0 Å². The number of nitrogens with zero attached hydrogens (tertiary/aromatic N) is 2. The Hall–Kier alpha value is -1.91. The van der Waals surface area contributed by atoms with E-state index in [1.807, 2.05) is 0 Å². The molecule has 2 heterocycles. The first-order valence-corrected chi connectivity index (χ1v) is 6.33. The molecular formula is C13H15N3O2. The van der Waals surface area contributed by atoms with Crippen LogP contribution in [-0.4, -0.2) is 26.0 Å². The summed E-state index contributed by atoms with van der Waals surface area (Å²) in [6, 6.07) is 1.51. The third-order valence-corrected chi connectivity index (χ3v) is 3.63. The number of nitrogens with one attached hydrogen (secondary N) is 1. The molecule has 5 nitrogen and oxygen atoms in total. The Bertz CT molecular complexity index is 585. The highest BCUT2D eigenvalue weighted by atomic mass is 16.4. The van der Waals surface area contributed by atoms with Crippen molar-refractivity contribution in [3.05, 3.63) is 23.7 Å². The Labute approximate surface area is 104 Å². The van der Waals surface area contributed by atoms with Crippen LogP contribution in [0, 0.1) is 0 Å². The van der Waals surface area contributed by atoms with Gasteiger partial charge in [-0.1, -0.05) is 19.3 Å². The molecule has 0 saturated heterocycles. The molecule has 0 radical (unpaired) electrons. The van der Waals surface area contributed by atoms with Gasteiger partial charge in [0.15, 0.2) is 5.65 Å². The Morgan fingerprint density at radius 2 is 2.11 bits per heavy atom. The Morgan fingerprint density at radius 1 is 1.33 bits per heavy atom. The van der Waals surface area contributed by atoms with Gasteiger partial charge in [-0.2, -0.15) is 0 Å². The second-order valence-electron chi connectivity index (χ2n) is 4.82. The van der Waals surface area contributed by atoms with Gasteiger partial charge in [-0.15, -0.1) is 0 Å². The van der Waals surface area contributed by atoms with E-state index < -0.39 is 5.97 Å². The van der Waals surface area contributed by atoms with Crippen LogP contribution in [0.15, 0.2) is 12.3 Å². The van der Waals surface area contributed by atoms with E-state index in [0.29, 0.717) is 17.1 Å². The van der Waals surface area contributed by atoms with Gasteiger partial charge in [0.1, 0.15) is 5.82 Å². The molecule has 5 heteroatoms. The molecule has 1 saturated carbocycles. The van der Waals surface area contributed by atoms with Gasteiger partial charge < -0.3 is 10.1 Å². The van der Waals surface area contributed by atoms with Crippen molar-refractivity contribution >= 4 is 17.1 Å². The first-order valence-electron chi connectivity index (χ1n) is 6.33. The smallest absolute Gasteiger partial charge is 0.338 e. The topological polar surface area (TPSA) is 78.9 Å². The fourth-order valence-electron chi connectivity index (χ4n) is 2.68.